The van der Waals surface area contributed by atoms with Gasteiger partial charge in [0.1, 0.15) is 5.75 Å². The van der Waals surface area contributed by atoms with Crippen molar-refractivity contribution in [1.29, 1.82) is 0 Å². The van der Waals surface area contributed by atoms with Crippen molar-refractivity contribution in [3.63, 3.8) is 0 Å². The van der Waals surface area contributed by atoms with Gasteiger partial charge in [0.15, 0.2) is 0 Å². The molecular formula is C16H25NO3. The van der Waals surface area contributed by atoms with Gasteiger partial charge in [-0.05, 0) is 39.7 Å². The molecule has 112 valence electrons. The number of aliphatic hydroxyl groups excluding tert-OH is 1. The first-order chi connectivity index (χ1) is 9.54. The first-order valence-electron chi connectivity index (χ1n) is 7.20. The fourth-order valence-electron chi connectivity index (χ4n) is 1.99. The van der Waals surface area contributed by atoms with Crippen molar-refractivity contribution in [1.82, 2.24) is 5.32 Å². The Hall–Kier alpha value is -1.55. The number of nitrogens with one attached hydrogen (secondary N) is 1. The van der Waals surface area contributed by atoms with E-state index in [4.69, 9.17) is 9.84 Å². The molecule has 0 saturated carbocycles. The van der Waals surface area contributed by atoms with Crippen LogP contribution >= 0.6 is 0 Å². The molecule has 0 aromatic heterocycles. The van der Waals surface area contributed by atoms with E-state index in [9.17, 15) is 4.79 Å². The van der Waals surface area contributed by atoms with E-state index in [0.29, 0.717) is 19.3 Å². The predicted molar refractivity (Wildman–Crippen MR) is 79.7 cm³/mol. The fraction of sp³-hybridized carbons (Fsp3) is 0.562. The lowest BCUT2D eigenvalue weighted by Gasteiger charge is -2.19. The lowest BCUT2D eigenvalue weighted by Crippen LogP contribution is -2.27. The Morgan fingerprint density at radius 1 is 1.25 bits per heavy atom. The van der Waals surface area contributed by atoms with Gasteiger partial charge in [0.25, 0.3) is 0 Å². The van der Waals surface area contributed by atoms with Crippen LogP contribution in [0.1, 0.15) is 51.6 Å². The van der Waals surface area contributed by atoms with Crippen LogP contribution in [0.5, 0.6) is 5.75 Å². The van der Waals surface area contributed by atoms with Crippen LogP contribution in [0.3, 0.4) is 0 Å². The fourth-order valence-corrected chi connectivity index (χ4v) is 1.99. The quantitative estimate of drug-likeness (QED) is 0.719. The molecule has 1 atom stereocenters. The molecule has 20 heavy (non-hydrogen) atoms. The molecule has 0 fully saturated rings. The van der Waals surface area contributed by atoms with Gasteiger partial charge in [0.2, 0.25) is 5.91 Å². The average molecular weight is 279 g/mol. The highest BCUT2D eigenvalue weighted by Gasteiger charge is 2.14. The van der Waals surface area contributed by atoms with Crippen molar-refractivity contribution in [3.8, 4) is 5.75 Å². The molecule has 1 unspecified atom stereocenters. The van der Waals surface area contributed by atoms with Gasteiger partial charge in [-0.3, -0.25) is 4.79 Å². The molecule has 0 aliphatic carbocycles. The second-order valence-corrected chi connectivity index (χ2v) is 5.17. The second kappa shape index (κ2) is 8.59. The van der Waals surface area contributed by atoms with Gasteiger partial charge in [-0.15, -0.1) is 0 Å². The molecule has 1 aromatic carbocycles. The van der Waals surface area contributed by atoms with Crippen molar-refractivity contribution in [2.45, 2.75) is 52.2 Å². The molecule has 0 spiro atoms. The topological polar surface area (TPSA) is 58.6 Å². The summed E-state index contributed by atoms with van der Waals surface area (Å²) in [5.74, 6) is 0.816. The van der Waals surface area contributed by atoms with Crippen LogP contribution in [0.25, 0.3) is 0 Å². The van der Waals surface area contributed by atoms with Crippen molar-refractivity contribution >= 4 is 5.91 Å². The van der Waals surface area contributed by atoms with E-state index in [1.54, 1.807) is 0 Å². The van der Waals surface area contributed by atoms with Crippen molar-refractivity contribution < 1.29 is 14.6 Å². The summed E-state index contributed by atoms with van der Waals surface area (Å²) in [5, 5.41) is 11.7. The molecule has 4 heteroatoms. The highest BCUT2D eigenvalue weighted by molar-refractivity contribution is 5.76. The van der Waals surface area contributed by atoms with Crippen molar-refractivity contribution in [2.24, 2.45) is 0 Å². The maximum Gasteiger partial charge on any atom is 0.220 e. The van der Waals surface area contributed by atoms with E-state index < -0.39 is 0 Å². The van der Waals surface area contributed by atoms with Gasteiger partial charge in [-0.2, -0.15) is 0 Å². The van der Waals surface area contributed by atoms with Crippen molar-refractivity contribution in [2.75, 3.05) is 6.61 Å². The van der Waals surface area contributed by atoms with Gasteiger partial charge in [0.05, 0.1) is 12.1 Å². The van der Waals surface area contributed by atoms with E-state index in [0.717, 1.165) is 11.3 Å². The summed E-state index contributed by atoms with van der Waals surface area (Å²) in [4.78, 5) is 11.8. The van der Waals surface area contributed by atoms with Crippen LogP contribution in [0.2, 0.25) is 0 Å². The van der Waals surface area contributed by atoms with Crippen LogP contribution in [0.15, 0.2) is 24.3 Å². The molecule has 1 aromatic rings. The van der Waals surface area contributed by atoms with Gasteiger partial charge >= 0.3 is 0 Å². The molecule has 0 radical (unpaired) electrons. The summed E-state index contributed by atoms with van der Waals surface area (Å²) < 4.78 is 5.76. The normalized spacial score (nSPS) is 12.2. The van der Waals surface area contributed by atoms with E-state index in [2.05, 4.69) is 5.32 Å². The van der Waals surface area contributed by atoms with Gasteiger partial charge < -0.3 is 15.2 Å². The zero-order valence-corrected chi connectivity index (χ0v) is 12.6. The van der Waals surface area contributed by atoms with Gasteiger partial charge in [0, 0.05) is 18.6 Å². The molecule has 0 aliphatic rings. The number of para-hydroxylation sites is 1. The molecule has 1 amide bonds. The molecule has 0 aliphatic heterocycles. The molecule has 0 bridgehead atoms. The minimum atomic E-state index is -0.0911. The summed E-state index contributed by atoms with van der Waals surface area (Å²) in [7, 11) is 0. The van der Waals surface area contributed by atoms with Crippen LogP contribution in [0.4, 0.5) is 0 Å². The number of hydrogen-bond acceptors (Lipinski definition) is 3. The zero-order valence-electron chi connectivity index (χ0n) is 12.6. The number of hydrogen-bond donors (Lipinski definition) is 2. The Morgan fingerprint density at radius 3 is 2.60 bits per heavy atom. The standard InChI is InChI=1S/C16H25NO3/c1-12(2)20-15-9-5-4-8-14(15)13(3)17-16(19)10-6-7-11-18/h4-5,8-9,12-13,18H,6-7,10-11H2,1-3H3,(H,17,19). The predicted octanol–water partition coefficient (Wildman–Crippen LogP) is 2.81. The number of benzene rings is 1. The van der Waals surface area contributed by atoms with Gasteiger partial charge in [-0.1, -0.05) is 18.2 Å². The number of ether oxygens (including phenoxy) is 1. The molecule has 1 rings (SSSR count). The molecule has 4 nitrogen and oxygen atoms in total. The number of unbranched alkanes of at least 4 members (excludes halogenated alkanes) is 1. The summed E-state index contributed by atoms with van der Waals surface area (Å²) in [6.45, 7) is 6.05. The lowest BCUT2D eigenvalue weighted by molar-refractivity contribution is -0.121. The first kappa shape index (κ1) is 16.5. The number of carbonyl (C=O) groups excluding carboxylic acids is 1. The van der Waals surface area contributed by atoms with Crippen LogP contribution in [-0.4, -0.2) is 23.7 Å². The monoisotopic (exact) mass is 279 g/mol. The minimum Gasteiger partial charge on any atom is -0.491 e. The highest BCUT2D eigenvalue weighted by Crippen LogP contribution is 2.25. The average Bonchev–Trinajstić information content (AvgIpc) is 2.38. The summed E-state index contributed by atoms with van der Waals surface area (Å²) in [6.07, 6.45) is 1.91. The van der Waals surface area contributed by atoms with Gasteiger partial charge in [-0.25, -0.2) is 0 Å². The van der Waals surface area contributed by atoms with E-state index >= 15 is 0 Å². The summed E-state index contributed by atoms with van der Waals surface area (Å²) in [5.41, 5.74) is 0.983. The highest BCUT2D eigenvalue weighted by atomic mass is 16.5. The lowest BCUT2D eigenvalue weighted by atomic mass is 10.1. The van der Waals surface area contributed by atoms with Crippen molar-refractivity contribution in [3.05, 3.63) is 29.8 Å². The van der Waals surface area contributed by atoms with Crippen LogP contribution < -0.4 is 10.1 Å². The zero-order chi connectivity index (χ0) is 15.0. The minimum absolute atomic E-state index is 0.00491. The number of amides is 1. The molecule has 0 saturated heterocycles. The number of aliphatic hydroxyl groups is 1. The maximum absolute atomic E-state index is 11.8. The maximum atomic E-state index is 11.8. The third-order valence-electron chi connectivity index (χ3n) is 2.94. The van der Waals surface area contributed by atoms with Crippen LogP contribution in [0, 0.1) is 0 Å². The Labute approximate surface area is 121 Å². The third-order valence-corrected chi connectivity index (χ3v) is 2.94. The summed E-state index contributed by atoms with van der Waals surface area (Å²) >= 11 is 0. The molecule has 0 heterocycles. The molecule has 2 N–H and O–H groups in total. The smallest absolute Gasteiger partial charge is 0.220 e. The largest absolute Gasteiger partial charge is 0.491 e. The first-order valence-corrected chi connectivity index (χ1v) is 7.20. The summed E-state index contributed by atoms with van der Waals surface area (Å²) in [6, 6.07) is 7.67. The Kier molecular flexibility index (Phi) is 7.09. The number of carbonyl (C=O) groups is 1. The van der Waals surface area contributed by atoms with Crippen LogP contribution in [-0.2, 0) is 4.79 Å². The Morgan fingerprint density at radius 2 is 1.95 bits per heavy atom. The SMILES string of the molecule is CC(C)Oc1ccccc1C(C)NC(=O)CCCCO. The second-order valence-electron chi connectivity index (χ2n) is 5.17. The van der Waals surface area contributed by atoms with E-state index in [-0.39, 0.29) is 24.7 Å². The van der Waals surface area contributed by atoms with E-state index in [1.165, 1.54) is 0 Å². The van der Waals surface area contributed by atoms with E-state index in [1.807, 2.05) is 45.0 Å². The Bertz CT molecular complexity index is 418. The Balaban J connectivity index is 2.62. The third kappa shape index (κ3) is 5.61. The number of rotatable bonds is 8. The molecular weight excluding hydrogens is 254 g/mol.